The fourth-order valence-electron chi connectivity index (χ4n) is 4.24. The Hall–Kier alpha value is -2.24. The van der Waals surface area contributed by atoms with Crippen LogP contribution in [0.1, 0.15) is 36.1 Å². The molecule has 1 saturated heterocycles. The molecule has 2 aliphatic heterocycles. The van der Waals surface area contributed by atoms with Crippen LogP contribution in [0.5, 0.6) is 0 Å². The van der Waals surface area contributed by atoms with Crippen LogP contribution >= 0.6 is 0 Å². The van der Waals surface area contributed by atoms with Crippen molar-refractivity contribution < 1.29 is 9.53 Å². The Morgan fingerprint density at radius 1 is 1.29 bits per heavy atom. The number of hydrogen-bond donors (Lipinski definition) is 0. The first-order chi connectivity index (χ1) is 13.7. The second-order valence-corrected chi connectivity index (χ2v) is 7.91. The van der Waals surface area contributed by atoms with Crippen molar-refractivity contribution in [1.82, 2.24) is 9.88 Å². The first-order valence-corrected chi connectivity index (χ1v) is 10.3. The van der Waals surface area contributed by atoms with Crippen LogP contribution in [0.4, 0.5) is 5.69 Å². The van der Waals surface area contributed by atoms with Crippen LogP contribution in [-0.2, 0) is 22.5 Å². The smallest absolute Gasteiger partial charge is 0.241 e. The predicted octanol–water partition coefficient (Wildman–Crippen LogP) is 3.35. The molecule has 0 saturated carbocycles. The summed E-state index contributed by atoms with van der Waals surface area (Å²) >= 11 is 0. The van der Waals surface area contributed by atoms with Gasteiger partial charge in [0.15, 0.2) is 0 Å². The third kappa shape index (κ3) is 4.59. The van der Waals surface area contributed by atoms with Crippen molar-refractivity contribution in [2.24, 2.45) is 0 Å². The van der Waals surface area contributed by atoms with Crippen LogP contribution in [0.2, 0.25) is 0 Å². The zero-order valence-corrected chi connectivity index (χ0v) is 16.6. The van der Waals surface area contributed by atoms with Crippen molar-refractivity contribution in [3.8, 4) is 0 Å². The van der Waals surface area contributed by atoms with Gasteiger partial charge >= 0.3 is 0 Å². The van der Waals surface area contributed by atoms with Crippen LogP contribution < -0.4 is 4.90 Å². The third-order valence-electron chi connectivity index (χ3n) is 5.61. The number of nitrogens with zero attached hydrogens (tertiary/aromatic N) is 3. The van der Waals surface area contributed by atoms with Crippen molar-refractivity contribution in [3.05, 3.63) is 59.4 Å². The fraction of sp³-hybridized carbons (Fsp3) is 0.478. The number of benzene rings is 1. The van der Waals surface area contributed by atoms with E-state index in [-0.39, 0.29) is 12.0 Å². The molecule has 1 amide bonds. The van der Waals surface area contributed by atoms with E-state index in [0.29, 0.717) is 13.1 Å². The fourth-order valence-corrected chi connectivity index (χ4v) is 4.24. The summed E-state index contributed by atoms with van der Waals surface area (Å²) in [5, 5.41) is 0. The largest absolute Gasteiger partial charge is 0.377 e. The lowest BCUT2D eigenvalue weighted by molar-refractivity contribution is -0.120. The van der Waals surface area contributed by atoms with Crippen LogP contribution in [0, 0.1) is 6.92 Å². The molecule has 1 atom stereocenters. The summed E-state index contributed by atoms with van der Waals surface area (Å²) in [6.07, 6.45) is 6.27. The van der Waals surface area contributed by atoms with Crippen LogP contribution in [-0.4, -0.2) is 48.1 Å². The Morgan fingerprint density at radius 3 is 3.00 bits per heavy atom. The van der Waals surface area contributed by atoms with Crippen LogP contribution in [0.3, 0.4) is 0 Å². The summed E-state index contributed by atoms with van der Waals surface area (Å²) < 4.78 is 5.83. The zero-order valence-electron chi connectivity index (χ0n) is 16.6. The molecular weight excluding hydrogens is 350 g/mol. The summed E-state index contributed by atoms with van der Waals surface area (Å²) in [5.74, 6) is 0.165. The van der Waals surface area contributed by atoms with E-state index in [0.717, 1.165) is 56.8 Å². The molecule has 0 bridgehead atoms. The summed E-state index contributed by atoms with van der Waals surface area (Å²) in [6.45, 7) is 5.57. The number of aryl methyl sites for hydroxylation is 2. The van der Waals surface area contributed by atoms with E-state index in [2.05, 4.69) is 35.0 Å². The van der Waals surface area contributed by atoms with E-state index in [1.54, 1.807) is 0 Å². The highest BCUT2D eigenvalue weighted by molar-refractivity contribution is 5.96. The maximum absolute atomic E-state index is 13.2. The molecule has 5 nitrogen and oxygen atoms in total. The summed E-state index contributed by atoms with van der Waals surface area (Å²) in [5.41, 5.74) is 4.61. The van der Waals surface area contributed by atoms with E-state index in [9.17, 15) is 4.79 Å². The molecule has 1 aromatic heterocycles. The Bertz CT molecular complexity index is 803. The van der Waals surface area contributed by atoms with Gasteiger partial charge in [-0.05, 0) is 56.4 Å². The van der Waals surface area contributed by atoms with Crippen LogP contribution in [0.15, 0.2) is 42.6 Å². The lowest BCUT2D eigenvalue weighted by atomic mass is 9.99. The molecule has 3 heterocycles. The normalized spacial score (nSPS) is 19.1. The highest BCUT2D eigenvalue weighted by atomic mass is 16.5. The van der Waals surface area contributed by atoms with Gasteiger partial charge in [-0.25, -0.2) is 0 Å². The second-order valence-electron chi connectivity index (χ2n) is 7.91. The van der Waals surface area contributed by atoms with Gasteiger partial charge in [-0.2, -0.15) is 0 Å². The number of rotatable bonds is 6. The first kappa shape index (κ1) is 19.1. The maximum atomic E-state index is 13.2. The molecular formula is C23H29N3O2. The molecule has 1 aromatic carbocycles. The van der Waals surface area contributed by atoms with E-state index < -0.39 is 0 Å². The van der Waals surface area contributed by atoms with Gasteiger partial charge in [-0.15, -0.1) is 0 Å². The van der Waals surface area contributed by atoms with Gasteiger partial charge in [0.2, 0.25) is 5.91 Å². The number of carbonyl (C=O) groups is 1. The average molecular weight is 380 g/mol. The molecule has 1 fully saturated rings. The van der Waals surface area contributed by atoms with Gasteiger partial charge in [0, 0.05) is 38.1 Å². The Morgan fingerprint density at radius 2 is 2.21 bits per heavy atom. The van der Waals surface area contributed by atoms with Gasteiger partial charge in [0.05, 0.1) is 18.3 Å². The number of pyridine rings is 1. The number of carbonyl (C=O) groups excluding carboxylic acids is 1. The molecule has 148 valence electrons. The Labute approximate surface area is 167 Å². The molecule has 0 unspecified atom stereocenters. The number of aromatic nitrogens is 1. The number of hydrogen-bond acceptors (Lipinski definition) is 4. The first-order valence-electron chi connectivity index (χ1n) is 10.3. The van der Waals surface area contributed by atoms with Crippen molar-refractivity contribution in [3.63, 3.8) is 0 Å². The van der Waals surface area contributed by atoms with Crippen molar-refractivity contribution in [2.45, 2.75) is 45.3 Å². The number of amides is 1. The van der Waals surface area contributed by atoms with Crippen molar-refractivity contribution in [1.29, 1.82) is 0 Å². The number of anilines is 1. The van der Waals surface area contributed by atoms with E-state index in [4.69, 9.17) is 4.74 Å². The van der Waals surface area contributed by atoms with E-state index in [1.165, 1.54) is 11.1 Å². The van der Waals surface area contributed by atoms with Crippen LogP contribution in [0.25, 0.3) is 0 Å². The minimum atomic E-state index is 0.165. The molecule has 4 rings (SSSR count). The van der Waals surface area contributed by atoms with Gasteiger partial charge in [0.1, 0.15) is 0 Å². The lowest BCUT2D eigenvalue weighted by Gasteiger charge is -2.32. The topological polar surface area (TPSA) is 45.7 Å². The lowest BCUT2D eigenvalue weighted by Crippen LogP contribution is -2.44. The number of fused-ring (bicyclic) bond motifs is 1. The molecule has 0 radical (unpaired) electrons. The molecule has 5 heteroatoms. The maximum Gasteiger partial charge on any atom is 0.241 e. The van der Waals surface area contributed by atoms with E-state index >= 15 is 0 Å². The minimum Gasteiger partial charge on any atom is -0.377 e. The monoisotopic (exact) mass is 379 g/mol. The standard InChI is InChI=1S/C23H29N3O2/c1-18-9-10-22-19(14-18)6-4-12-26(22)23(27)17-25(16-21-8-5-13-28-21)15-20-7-2-3-11-24-20/h2-3,7,9-11,14,21H,4-6,8,12-13,15-17H2,1H3/t21-/m0/s1. The van der Waals surface area contributed by atoms with Crippen molar-refractivity contribution >= 4 is 11.6 Å². The highest BCUT2D eigenvalue weighted by Gasteiger charge is 2.26. The quantitative estimate of drug-likeness (QED) is 0.772. The zero-order chi connectivity index (χ0) is 19.3. The van der Waals surface area contributed by atoms with Gasteiger partial charge in [-0.3, -0.25) is 14.7 Å². The average Bonchev–Trinajstić information content (AvgIpc) is 3.21. The van der Waals surface area contributed by atoms with Gasteiger partial charge in [0.25, 0.3) is 0 Å². The molecule has 0 spiro atoms. The van der Waals surface area contributed by atoms with Crippen molar-refractivity contribution in [2.75, 3.05) is 31.1 Å². The minimum absolute atomic E-state index is 0.165. The SMILES string of the molecule is Cc1ccc2c(c1)CCCN2C(=O)CN(Cc1ccccn1)C[C@@H]1CCCO1. The molecule has 2 aliphatic rings. The molecule has 28 heavy (non-hydrogen) atoms. The Balaban J connectivity index is 1.48. The number of ether oxygens (including phenoxy) is 1. The van der Waals surface area contributed by atoms with Gasteiger partial charge < -0.3 is 9.64 Å². The Kier molecular flexibility index (Phi) is 6.03. The van der Waals surface area contributed by atoms with Gasteiger partial charge in [-0.1, -0.05) is 23.8 Å². The third-order valence-corrected chi connectivity index (χ3v) is 5.61. The summed E-state index contributed by atoms with van der Waals surface area (Å²) in [6, 6.07) is 12.4. The molecule has 0 N–H and O–H groups in total. The molecule has 2 aromatic rings. The summed E-state index contributed by atoms with van der Waals surface area (Å²) in [4.78, 5) is 21.9. The molecule has 0 aliphatic carbocycles. The second kappa shape index (κ2) is 8.84. The summed E-state index contributed by atoms with van der Waals surface area (Å²) in [7, 11) is 0. The highest BCUT2D eigenvalue weighted by Crippen LogP contribution is 2.28. The predicted molar refractivity (Wildman–Crippen MR) is 110 cm³/mol. The van der Waals surface area contributed by atoms with E-state index in [1.807, 2.05) is 29.3 Å².